The highest BCUT2D eigenvalue weighted by atomic mass is 32.2. The Morgan fingerprint density at radius 1 is 0.737 bits per heavy atom. The van der Waals surface area contributed by atoms with E-state index in [1.54, 1.807) is 0 Å². The van der Waals surface area contributed by atoms with Gasteiger partial charge in [0.1, 0.15) is 7.05 Å². The average molecular weight is 519 g/mol. The third-order valence-electron chi connectivity index (χ3n) is 8.14. The Morgan fingerprint density at radius 2 is 1.42 bits per heavy atom. The van der Waals surface area contributed by atoms with E-state index in [9.17, 15) is 0 Å². The summed E-state index contributed by atoms with van der Waals surface area (Å²) in [4.78, 5) is 2.84. The minimum Gasteiger partial charge on any atom is -0.200 e. The second kappa shape index (κ2) is 8.58. The second-order valence-electron chi connectivity index (χ2n) is 13.8. The molecule has 1 aromatic heterocycles. The van der Waals surface area contributed by atoms with Gasteiger partial charge in [-0.25, -0.2) is 4.57 Å². The summed E-state index contributed by atoms with van der Waals surface area (Å²) in [5.74, 6) is 0. The molecular weight excluding hydrogens is 478 g/mol. The summed E-state index contributed by atoms with van der Waals surface area (Å²) < 4.78 is 2.37. The lowest BCUT2D eigenvalue weighted by atomic mass is 9.82. The first-order chi connectivity index (χ1) is 17.8. The first-order valence-electron chi connectivity index (χ1n) is 13.9. The van der Waals surface area contributed by atoms with Crippen molar-refractivity contribution in [3.63, 3.8) is 0 Å². The highest BCUT2D eigenvalue weighted by Gasteiger charge is 2.33. The Balaban J connectivity index is 1.75. The number of rotatable bonds is 2. The molecule has 0 saturated heterocycles. The van der Waals surface area contributed by atoms with Crippen LogP contribution < -0.4 is 4.57 Å². The summed E-state index contributed by atoms with van der Waals surface area (Å²) in [6, 6.07) is 18.6. The molecule has 0 bridgehead atoms. The summed E-state index contributed by atoms with van der Waals surface area (Å²) >= 11 is 2.00. The van der Waals surface area contributed by atoms with E-state index in [-0.39, 0.29) is 10.8 Å². The molecule has 1 aliphatic rings. The van der Waals surface area contributed by atoms with Crippen molar-refractivity contribution in [2.75, 3.05) is 0 Å². The molecule has 6 rings (SSSR count). The summed E-state index contributed by atoms with van der Waals surface area (Å²) in [5.41, 5.74) is 9.05. The predicted octanol–water partition coefficient (Wildman–Crippen LogP) is 9.90. The van der Waals surface area contributed by atoms with Gasteiger partial charge >= 0.3 is 0 Å². The molecule has 1 nitrogen and oxygen atoms in total. The molecule has 0 atom stereocenters. The zero-order chi connectivity index (χ0) is 27.1. The lowest BCUT2D eigenvalue weighted by molar-refractivity contribution is -0.659. The van der Waals surface area contributed by atoms with Crippen LogP contribution in [0.3, 0.4) is 0 Å². The third kappa shape index (κ3) is 4.04. The van der Waals surface area contributed by atoms with Crippen molar-refractivity contribution in [3.8, 4) is 11.3 Å². The summed E-state index contributed by atoms with van der Waals surface area (Å²) in [6.07, 6.45) is 4.43. The van der Waals surface area contributed by atoms with Crippen molar-refractivity contribution in [3.05, 3.63) is 77.0 Å². The largest absolute Gasteiger partial charge is 0.222 e. The SMILES string of the molecule is Cc1c2c(c(CC(C)(C)C)c3ccccc13)Sc1cc3ccc(CC(C)(C)C)c(C)c3c3cc[n+](C)c-2c13. The molecule has 1 aliphatic heterocycles. The lowest BCUT2D eigenvalue weighted by Gasteiger charge is -2.28. The zero-order valence-electron chi connectivity index (χ0n) is 24.5. The number of aromatic nitrogens is 1. The molecule has 38 heavy (non-hydrogen) atoms. The van der Waals surface area contributed by atoms with E-state index in [1.165, 1.54) is 75.6 Å². The average Bonchev–Trinajstić information content (AvgIpc) is 2.83. The van der Waals surface area contributed by atoms with Crippen LogP contribution in [0.4, 0.5) is 0 Å². The van der Waals surface area contributed by atoms with Crippen molar-refractivity contribution < 1.29 is 4.57 Å². The number of hydrogen-bond donors (Lipinski definition) is 0. The molecule has 0 saturated carbocycles. The van der Waals surface area contributed by atoms with Crippen LogP contribution in [0.25, 0.3) is 43.6 Å². The van der Waals surface area contributed by atoms with Gasteiger partial charge in [0.05, 0.1) is 10.9 Å². The van der Waals surface area contributed by atoms with Crippen molar-refractivity contribution in [1.82, 2.24) is 0 Å². The molecule has 2 heteroatoms. The van der Waals surface area contributed by atoms with Crippen molar-refractivity contribution in [2.45, 2.75) is 78.0 Å². The Labute approximate surface area is 232 Å². The molecule has 0 fully saturated rings. The van der Waals surface area contributed by atoms with Crippen LogP contribution in [0.5, 0.6) is 0 Å². The van der Waals surface area contributed by atoms with Gasteiger partial charge < -0.3 is 0 Å². The molecule has 0 radical (unpaired) electrons. The van der Waals surface area contributed by atoms with Gasteiger partial charge in [0.2, 0.25) is 5.69 Å². The van der Waals surface area contributed by atoms with E-state index < -0.39 is 0 Å². The fraction of sp³-hybridized carbons (Fsp3) is 0.361. The minimum atomic E-state index is 0.199. The zero-order valence-corrected chi connectivity index (χ0v) is 25.3. The monoisotopic (exact) mass is 518 g/mol. The second-order valence-corrected chi connectivity index (χ2v) is 14.9. The Hall–Kier alpha value is -2.84. The van der Waals surface area contributed by atoms with Gasteiger partial charge in [-0.2, -0.15) is 0 Å². The number of nitrogens with zero attached hydrogens (tertiary/aromatic N) is 1. The van der Waals surface area contributed by atoms with Gasteiger partial charge in [0, 0.05) is 21.2 Å². The van der Waals surface area contributed by atoms with Gasteiger partial charge in [-0.3, -0.25) is 0 Å². The smallest absolute Gasteiger partial charge is 0.200 e. The van der Waals surface area contributed by atoms with Crippen LogP contribution in [-0.4, -0.2) is 0 Å². The molecule has 0 N–H and O–H groups in total. The number of pyridine rings is 1. The van der Waals surface area contributed by atoms with Crippen molar-refractivity contribution >= 4 is 44.1 Å². The summed E-state index contributed by atoms with van der Waals surface area (Å²) in [5, 5.41) is 8.37. The quantitative estimate of drug-likeness (QED) is 0.163. The van der Waals surface area contributed by atoms with Crippen molar-refractivity contribution in [2.24, 2.45) is 17.9 Å². The highest BCUT2D eigenvalue weighted by molar-refractivity contribution is 8.00. The van der Waals surface area contributed by atoms with E-state index in [4.69, 9.17) is 0 Å². The fourth-order valence-corrected chi connectivity index (χ4v) is 7.95. The van der Waals surface area contributed by atoms with Crippen LogP contribution in [0.15, 0.2) is 64.5 Å². The molecule has 4 aromatic carbocycles. The molecule has 0 amide bonds. The van der Waals surface area contributed by atoms with Gasteiger partial charge in [0.15, 0.2) is 6.20 Å². The fourth-order valence-electron chi connectivity index (χ4n) is 6.58. The van der Waals surface area contributed by atoms with E-state index in [2.05, 4.69) is 122 Å². The Kier molecular flexibility index (Phi) is 5.74. The first kappa shape index (κ1) is 25.4. The predicted molar refractivity (Wildman–Crippen MR) is 165 cm³/mol. The molecule has 0 aliphatic carbocycles. The molecular formula is C36H40NS+. The normalized spacial score (nSPS) is 13.5. The molecule has 0 unspecified atom stereocenters. The van der Waals surface area contributed by atoms with Crippen LogP contribution in [0, 0.1) is 24.7 Å². The minimum absolute atomic E-state index is 0.199. The topological polar surface area (TPSA) is 3.88 Å². The van der Waals surface area contributed by atoms with Crippen LogP contribution >= 0.6 is 11.8 Å². The van der Waals surface area contributed by atoms with Gasteiger partial charge in [-0.15, -0.1) is 0 Å². The van der Waals surface area contributed by atoms with E-state index in [1.807, 2.05) is 11.8 Å². The highest BCUT2D eigenvalue weighted by Crippen LogP contribution is 2.53. The molecule has 5 aromatic rings. The summed E-state index contributed by atoms with van der Waals surface area (Å²) in [7, 11) is 2.23. The van der Waals surface area contributed by atoms with Crippen molar-refractivity contribution in [1.29, 1.82) is 0 Å². The first-order valence-corrected chi connectivity index (χ1v) is 14.8. The maximum atomic E-state index is 2.47. The Bertz CT molecular complexity index is 1780. The number of benzene rings is 4. The van der Waals surface area contributed by atoms with Crippen LogP contribution in [0.2, 0.25) is 0 Å². The maximum absolute atomic E-state index is 2.47. The van der Waals surface area contributed by atoms with Crippen LogP contribution in [0.1, 0.15) is 63.8 Å². The van der Waals surface area contributed by atoms with Gasteiger partial charge in [-0.1, -0.05) is 89.7 Å². The lowest BCUT2D eigenvalue weighted by Crippen LogP contribution is -2.32. The number of fused-ring (bicyclic) bond motifs is 5. The number of aryl methyl sites for hydroxylation is 3. The van der Waals surface area contributed by atoms with E-state index in [0.29, 0.717) is 0 Å². The maximum Gasteiger partial charge on any atom is 0.222 e. The van der Waals surface area contributed by atoms with E-state index in [0.717, 1.165) is 12.8 Å². The molecule has 2 heterocycles. The molecule has 194 valence electrons. The molecule has 0 spiro atoms. The summed E-state index contributed by atoms with van der Waals surface area (Å²) in [6.45, 7) is 18.8. The standard InChI is InChI=1S/C36H40NS/c1-21-24(19-35(3,4)5)15-14-23-18-29-32-27(30(21)23)16-17-37(9)33(32)31-22(2)25-12-10-11-13-26(25)28(34(31)38-29)20-36(6,7)8/h10-18H,19-20H2,1-9H3/q+1. The van der Waals surface area contributed by atoms with Gasteiger partial charge in [0.25, 0.3) is 0 Å². The van der Waals surface area contributed by atoms with E-state index >= 15 is 0 Å². The van der Waals surface area contributed by atoms with Gasteiger partial charge in [-0.05, 0) is 87.4 Å². The number of hydrogen-bond acceptors (Lipinski definition) is 1. The Morgan fingerprint density at radius 3 is 2.11 bits per heavy atom. The van der Waals surface area contributed by atoms with Crippen LogP contribution in [-0.2, 0) is 19.9 Å². The third-order valence-corrected chi connectivity index (χ3v) is 9.34.